The van der Waals surface area contributed by atoms with Crippen molar-refractivity contribution in [3.8, 4) is 0 Å². The van der Waals surface area contributed by atoms with Gasteiger partial charge < -0.3 is 19.7 Å². The highest BCUT2D eigenvalue weighted by Gasteiger charge is 2.76. The van der Waals surface area contributed by atoms with E-state index >= 15 is 0 Å². The Hall–Kier alpha value is -2.51. The molecule has 4 aliphatic rings. The second kappa shape index (κ2) is 9.05. The molecule has 0 heterocycles. The molecule has 0 radical (unpaired) electrons. The molecule has 2 unspecified atom stereocenters. The summed E-state index contributed by atoms with van der Waals surface area (Å²) >= 11 is 0. The summed E-state index contributed by atoms with van der Waals surface area (Å²) in [6, 6.07) is 0. The number of ether oxygens (including phenoxy) is 2. The molecule has 4 rings (SSSR count). The minimum Gasteiger partial charge on any atom is -0.458 e. The summed E-state index contributed by atoms with van der Waals surface area (Å²) in [5, 5.41) is 24.4. The van der Waals surface area contributed by atoms with E-state index in [1.54, 1.807) is 58.9 Å². The van der Waals surface area contributed by atoms with Gasteiger partial charge in [-0.25, -0.2) is 9.59 Å². The molecular formula is C30H40O7. The molecule has 2 bridgehead atoms. The molecule has 0 aromatic rings. The maximum Gasteiger partial charge on any atom is 0.334 e. The van der Waals surface area contributed by atoms with Crippen molar-refractivity contribution in [1.29, 1.82) is 0 Å². The molecule has 8 atom stereocenters. The zero-order valence-electron chi connectivity index (χ0n) is 23.1. The number of allylic oxidation sites excluding steroid dienone is 3. The average molecular weight is 513 g/mol. The highest BCUT2D eigenvalue weighted by Crippen LogP contribution is 2.71. The fourth-order valence-corrected chi connectivity index (χ4v) is 7.28. The number of carbonyl (C=O) groups is 3. The van der Waals surface area contributed by atoms with Crippen LogP contribution in [0, 0.1) is 34.5 Å². The molecule has 2 saturated carbocycles. The first-order valence-electron chi connectivity index (χ1n) is 13.2. The Labute approximate surface area is 219 Å². The minimum atomic E-state index is -2.15. The quantitative estimate of drug-likeness (QED) is 0.327. The number of aliphatic hydroxyl groups excluding tert-OH is 1. The van der Waals surface area contributed by atoms with Crippen molar-refractivity contribution in [3.05, 3.63) is 46.6 Å². The molecule has 7 nitrogen and oxygen atoms in total. The molecule has 1 spiro atoms. The standard InChI is InChI=1S/C30H40O7/c1-9-15(3)26(33)36-14-19-12-20-22-21(28(22,7)8)11-18(6)29(24(20)32)13-17(5)25(30(29,35)23(19)31)37-27(34)16(4)10-2/h9-10,12-13,18,20-23,25,31,35H,11,14H2,1-8H3/b15-9-,16-10-/t18-,20+,21?,22?,23-,25+,29+,30+/m1/s1. The Morgan fingerprint density at radius 1 is 1.14 bits per heavy atom. The van der Waals surface area contributed by atoms with E-state index in [4.69, 9.17) is 9.47 Å². The molecule has 202 valence electrons. The first-order valence-corrected chi connectivity index (χ1v) is 13.2. The predicted molar refractivity (Wildman–Crippen MR) is 138 cm³/mol. The molecule has 7 heteroatoms. The summed E-state index contributed by atoms with van der Waals surface area (Å²) in [6.07, 6.45) is 4.56. The number of fused-ring (bicyclic) bond motifs is 3. The van der Waals surface area contributed by atoms with E-state index < -0.39 is 41.1 Å². The van der Waals surface area contributed by atoms with E-state index in [1.165, 1.54) is 0 Å². The third-order valence-corrected chi connectivity index (χ3v) is 9.82. The third kappa shape index (κ3) is 3.72. The molecule has 4 aliphatic carbocycles. The van der Waals surface area contributed by atoms with Crippen LogP contribution in [0.5, 0.6) is 0 Å². The predicted octanol–water partition coefficient (Wildman–Crippen LogP) is 3.85. The van der Waals surface area contributed by atoms with Crippen LogP contribution in [0.2, 0.25) is 0 Å². The second-order valence-electron chi connectivity index (χ2n) is 12.0. The zero-order chi connectivity index (χ0) is 27.7. The Balaban J connectivity index is 1.86. The van der Waals surface area contributed by atoms with Gasteiger partial charge in [-0.05, 0) is 75.4 Å². The van der Waals surface area contributed by atoms with Crippen molar-refractivity contribution in [2.75, 3.05) is 6.61 Å². The molecule has 37 heavy (non-hydrogen) atoms. The average Bonchev–Trinajstić information content (AvgIpc) is 3.35. The summed E-state index contributed by atoms with van der Waals surface area (Å²) in [7, 11) is 0. The lowest BCUT2D eigenvalue weighted by Crippen LogP contribution is -2.65. The molecule has 0 amide bonds. The fourth-order valence-electron chi connectivity index (χ4n) is 7.28. The van der Waals surface area contributed by atoms with E-state index in [1.807, 2.05) is 6.92 Å². The first kappa shape index (κ1) is 27.5. The van der Waals surface area contributed by atoms with E-state index in [-0.39, 0.29) is 41.1 Å². The molecule has 2 N–H and O–H groups in total. The third-order valence-electron chi connectivity index (χ3n) is 9.82. The van der Waals surface area contributed by atoms with Crippen LogP contribution in [0.1, 0.15) is 61.8 Å². The van der Waals surface area contributed by atoms with Gasteiger partial charge in [0, 0.05) is 17.1 Å². The van der Waals surface area contributed by atoms with Crippen LogP contribution >= 0.6 is 0 Å². The molecule has 0 aliphatic heterocycles. The van der Waals surface area contributed by atoms with Gasteiger partial charge in [0.2, 0.25) is 0 Å². The van der Waals surface area contributed by atoms with Crippen molar-refractivity contribution in [1.82, 2.24) is 0 Å². The summed E-state index contributed by atoms with van der Waals surface area (Å²) in [6.45, 7) is 14.4. The Morgan fingerprint density at radius 2 is 1.73 bits per heavy atom. The number of carbonyl (C=O) groups excluding carboxylic acids is 3. The maximum absolute atomic E-state index is 14.5. The molecule has 2 fully saturated rings. The van der Waals surface area contributed by atoms with Crippen LogP contribution in [0.4, 0.5) is 0 Å². The van der Waals surface area contributed by atoms with Gasteiger partial charge in [-0.3, -0.25) is 4.79 Å². The van der Waals surface area contributed by atoms with Gasteiger partial charge in [0.15, 0.2) is 17.5 Å². The summed E-state index contributed by atoms with van der Waals surface area (Å²) in [5.41, 5.74) is -2.14. The number of aliphatic hydroxyl groups is 2. The van der Waals surface area contributed by atoms with E-state index in [0.717, 1.165) is 0 Å². The van der Waals surface area contributed by atoms with E-state index in [9.17, 15) is 24.6 Å². The maximum atomic E-state index is 14.5. The van der Waals surface area contributed by atoms with Crippen molar-refractivity contribution in [3.63, 3.8) is 0 Å². The first-order chi connectivity index (χ1) is 17.2. The lowest BCUT2D eigenvalue weighted by Gasteiger charge is -2.48. The SMILES string of the molecule is C/C=C(/C)C(=O)OCC1=C[C@@H]2C(=O)[C@]3(C=C(C)[C@H](OC(=O)/C(C)=C\C)[C@@]3(O)[C@@H]1O)[C@H](C)CC1C2C1(C)C. The van der Waals surface area contributed by atoms with Crippen LogP contribution < -0.4 is 0 Å². The lowest BCUT2D eigenvalue weighted by atomic mass is 9.59. The fraction of sp³-hybridized carbons (Fsp3) is 0.633. The number of rotatable bonds is 5. The van der Waals surface area contributed by atoms with Crippen molar-refractivity contribution in [2.24, 2.45) is 34.5 Å². The zero-order valence-corrected chi connectivity index (χ0v) is 23.1. The van der Waals surface area contributed by atoms with Crippen molar-refractivity contribution in [2.45, 2.75) is 79.6 Å². The van der Waals surface area contributed by atoms with Gasteiger partial charge in [0.25, 0.3) is 0 Å². The number of hydrogen-bond donors (Lipinski definition) is 2. The molecular weight excluding hydrogens is 472 g/mol. The number of Topliss-reactive ketones (excluding diaryl/α,β-unsaturated/α-hetero) is 1. The summed E-state index contributed by atoms with van der Waals surface area (Å²) < 4.78 is 11.3. The normalized spacial score (nSPS) is 40.4. The van der Waals surface area contributed by atoms with Crippen LogP contribution in [-0.2, 0) is 23.9 Å². The van der Waals surface area contributed by atoms with Gasteiger partial charge in [0.1, 0.15) is 12.7 Å². The Kier molecular flexibility index (Phi) is 6.73. The number of hydrogen-bond acceptors (Lipinski definition) is 7. The molecule has 0 aromatic carbocycles. The van der Waals surface area contributed by atoms with Crippen LogP contribution in [-0.4, -0.2) is 52.4 Å². The van der Waals surface area contributed by atoms with Crippen LogP contribution in [0.3, 0.4) is 0 Å². The summed E-state index contributed by atoms with van der Waals surface area (Å²) in [4.78, 5) is 39.8. The topological polar surface area (TPSA) is 110 Å². The van der Waals surface area contributed by atoms with Crippen molar-refractivity contribution >= 4 is 17.7 Å². The second-order valence-corrected chi connectivity index (χ2v) is 12.0. The minimum absolute atomic E-state index is 0.0416. The molecule has 0 aromatic heterocycles. The molecule has 0 saturated heterocycles. The number of ketones is 1. The largest absolute Gasteiger partial charge is 0.458 e. The lowest BCUT2D eigenvalue weighted by molar-refractivity contribution is -0.201. The monoisotopic (exact) mass is 512 g/mol. The van der Waals surface area contributed by atoms with Gasteiger partial charge in [-0.15, -0.1) is 0 Å². The highest BCUT2D eigenvalue weighted by molar-refractivity contribution is 5.96. The van der Waals surface area contributed by atoms with E-state index in [0.29, 0.717) is 23.1 Å². The van der Waals surface area contributed by atoms with Crippen molar-refractivity contribution < 1.29 is 34.1 Å². The van der Waals surface area contributed by atoms with Crippen LogP contribution in [0.15, 0.2) is 46.6 Å². The van der Waals surface area contributed by atoms with Crippen LogP contribution in [0.25, 0.3) is 0 Å². The van der Waals surface area contributed by atoms with E-state index in [2.05, 4.69) is 13.8 Å². The van der Waals surface area contributed by atoms with Gasteiger partial charge in [-0.1, -0.05) is 45.1 Å². The smallest absolute Gasteiger partial charge is 0.334 e. The van der Waals surface area contributed by atoms with Gasteiger partial charge >= 0.3 is 11.9 Å². The Bertz CT molecular complexity index is 1150. The van der Waals surface area contributed by atoms with Gasteiger partial charge in [0.05, 0.1) is 5.41 Å². The Morgan fingerprint density at radius 3 is 2.32 bits per heavy atom. The van der Waals surface area contributed by atoms with Gasteiger partial charge in [-0.2, -0.15) is 0 Å². The highest BCUT2D eigenvalue weighted by atomic mass is 16.6. The number of esters is 2. The summed E-state index contributed by atoms with van der Waals surface area (Å²) in [5.74, 6) is -1.93.